The minimum atomic E-state index is -2.81. The maximum Gasteiger partial charge on any atom is 0.387 e. The van der Waals surface area contributed by atoms with E-state index in [0.29, 0.717) is 30.7 Å². The summed E-state index contributed by atoms with van der Waals surface area (Å²) in [7, 11) is 0. The van der Waals surface area contributed by atoms with Crippen LogP contribution in [0.15, 0.2) is 24.3 Å². The van der Waals surface area contributed by atoms with E-state index in [9.17, 15) is 8.78 Å². The van der Waals surface area contributed by atoms with Crippen LogP contribution in [-0.4, -0.2) is 25.8 Å². The highest BCUT2D eigenvalue weighted by Crippen LogP contribution is 2.34. The zero-order chi connectivity index (χ0) is 13.9. The van der Waals surface area contributed by atoms with Crippen LogP contribution in [0, 0.1) is 5.92 Å². The van der Waals surface area contributed by atoms with Crippen LogP contribution in [0.1, 0.15) is 30.9 Å². The van der Waals surface area contributed by atoms with Gasteiger partial charge in [-0.3, -0.25) is 0 Å². The van der Waals surface area contributed by atoms with Gasteiger partial charge >= 0.3 is 6.61 Å². The van der Waals surface area contributed by atoms with Crippen LogP contribution in [0.5, 0.6) is 5.75 Å². The molecule has 3 rings (SSSR count). The van der Waals surface area contributed by atoms with Crippen LogP contribution in [-0.2, 0) is 4.74 Å². The van der Waals surface area contributed by atoms with E-state index in [1.54, 1.807) is 18.2 Å². The van der Waals surface area contributed by atoms with Gasteiger partial charge in [0.1, 0.15) is 5.75 Å². The van der Waals surface area contributed by atoms with Crippen molar-refractivity contribution < 1.29 is 18.3 Å². The highest BCUT2D eigenvalue weighted by molar-refractivity contribution is 5.35. The molecule has 0 radical (unpaired) electrons. The highest BCUT2D eigenvalue weighted by Gasteiger charge is 2.32. The van der Waals surface area contributed by atoms with Crippen LogP contribution in [0.3, 0.4) is 0 Å². The number of alkyl halides is 2. The van der Waals surface area contributed by atoms with E-state index in [-0.39, 0.29) is 11.9 Å². The van der Waals surface area contributed by atoms with Gasteiger partial charge in [-0.05, 0) is 24.8 Å². The minimum Gasteiger partial charge on any atom is -0.434 e. The number of hydrogen-bond donors (Lipinski definition) is 1. The molecule has 2 aliphatic rings. The summed E-state index contributed by atoms with van der Waals surface area (Å²) in [5, 5.41) is 3.50. The molecule has 1 saturated carbocycles. The fourth-order valence-corrected chi connectivity index (χ4v) is 3.21. The quantitative estimate of drug-likeness (QED) is 0.924. The lowest BCUT2D eigenvalue weighted by atomic mass is 10.1. The van der Waals surface area contributed by atoms with Gasteiger partial charge < -0.3 is 14.8 Å². The fourth-order valence-electron chi connectivity index (χ4n) is 3.21. The lowest BCUT2D eigenvalue weighted by Gasteiger charge is -2.19. The summed E-state index contributed by atoms with van der Waals surface area (Å²) in [4.78, 5) is 0. The second-order valence-corrected chi connectivity index (χ2v) is 5.44. The third-order valence-corrected chi connectivity index (χ3v) is 4.22. The monoisotopic (exact) mass is 283 g/mol. The van der Waals surface area contributed by atoms with E-state index < -0.39 is 6.61 Å². The molecule has 1 saturated heterocycles. The molecule has 1 N–H and O–H groups in total. The molecule has 1 aliphatic carbocycles. The van der Waals surface area contributed by atoms with Gasteiger partial charge in [0.05, 0.1) is 12.7 Å². The molecule has 0 amide bonds. The third-order valence-electron chi connectivity index (χ3n) is 4.22. The Hall–Kier alpha value is -1.20. The summed E-state index contributed by atoms with van der Waals surface area (Å²) < 4.78 is 35.4. The lowest BCUT2D eigenvalue weighted by molar-refractivity contribution is -0.0526. The van der Waals surface area contributed by atoms with Crippen molar-refractivity contribution >= 4 is 0 Å². The molecule has 3 nitrogen and oxygen atoms in total. The zero-order valence-electron chi connectivity index (χ0n) is 11.2. The topological polar surface area (TPSA) is 30.5 Å². The largest absolute Gasteiger partial charge is 0.434 e. The van der Waals surface area contributed by atoms with Gasteiger partial charge in [0, 0.05) is 18.2 Å². The Kier molecular flexibility index (Phi) is 4.17. The molecule has 0 bridgehead atoms. The number of fused-ring (bicyclic) bond motifs is 1. The van der Waals surface area contributed by atoms with Crippen molar-refractivity contribution in [1.82, 2.24) is 5.32 Å². The molecular formula is C15H19F2NO2. The van der Waals surface area contributed by atoms with Gasteiger partial charge in [-0.15, -0.1) is 0 Å². The number of benzene rings is 1. The third kappa shape index (κ3) is 2.94. The summed E-state index contributed by atoms with van der Waals surface area (Å²) in [5.74, 6) is 0.754. The van der Waals surface area contributed by atoms with E-state index in [2.05, 4.69) is 10.1 Å². The van der Waals surface area contributed by atoms with Crippen LogP contribution in [0.4, 0.5) is 8.78 Å². The van der Waals surface area contributed by atoms with Crippen molar-refractivity contribution in [1.29, 1.82) is 0 Å². The predicted molar refractivity (Wildman–Crippen MR) is 70.9 cm³/mol. The number of ether oxygens (including phenoxy) is 2. The molecule has 110 valence electrons. The van der Waals surface area contributed by atoms with Gasteiger partial charge in [0.2, 0.25) is 0 Å². The molecule has 20 heavy (non-hydrogen) atoms. The first kappa shape index (κ1) is 13.8. The molecule has 1 aliphatic heterocycles. The Morgan fingerprint density at radius 3 is 2.95 bits per heavy atom. The number of hydrogen-bond acceptors (Lipinski definition) is 3. The van der Waals surface area contributed by atoms with E-state index in [1.807, 2.05) is 6.07 Å². The maximum atomic E-state index is 12.5. The Bertz CT molecular complexity index is 441. The Balaban J connectivity index is 1.75. The number of rotatable bonds is 3. The van der Waals surface area contributed by atoms with Gasteiger partial charge in [-0.2, -0.15) is 8.78 Å². The molecule has 0 spiro atoms. The predicted octanol–water partition coefficient (Wildman–Crippen LogP) is 3.12. The first-order valence-corrected chi connectivity index (χ1v) is 7.13. The number of halogens is 2. The summed E-state index contributed by atoms with van der Waals surface area (Å²) in [6.07, 6.45) is 3.37. The SMILES string of the molecule is FC(F)Oc1ccccc1C1CNC2CCCC2CO1. The van der Waals surface area contributed by atoms with Crippen LogP contribution in [0.25, 0.3) is 0 Å². The minimum absolute atomic E-state index is 0.210. The number of para-hydroxylation sites is 1. The summed E-state index contributed by atoms with van der Waals surface area (Å²) in [6, 6.07) is 7.38. The average Bonchev–Trinajstić information content (AvgIpc) is 2.78. The van der Waals surface area contributed by atoms with Crippen LogP contribution < -0.4 is 10.1 Å². The molecule has 0 aromatic heterocycles. The lowest BCUT2D eigenvalue weighted by Crippen LogP contribution is -2.32. The molecule has 3 unspecified atom stereocenters. The van der Waals surface area contributed by atoms with Crippen LogP contribution >= 0.6 is 0 Å². The Morgan fingerprint density at radius 1 is 1.25 bits per heavy atom. The summed E-state index contributed by atoms with van der Waals surface area (Å²) in [5.41, 5.74) is 0.695. The second kappa shape index (κ2) is 6.06. The molecule has 1 heterocycles. The van der Waals surface area contributed by atoms with Crippen LogP contribution in [0.2, 0.25) is 0 Å². The van der Waals surface area contributed by atoms with Gasteiger partial charge in [0.25, 0.3) is 0 Å². The van der Waals surface area contributed by atoms with E-state index in [1.165, 1.54) is 19.3 Å². The smallest absolute Gasteiger partial charge is 0.387 e. The van der Waals surface area contributed by atoms with Gasteiger partial charge in [-0.1, -0.05) is 24.6 Å². The Morgan fingerprint density at radius 2 is 2.10 bits per heavy atom. The van der Waals surface area contributed by atoms with Gasteiger partial charge in [0.15, 0.2) is 0 Å². The highest BCUT2D eigenvalue weighted by atomic mass is 19.3. The van der Waals surface area contributed by atoms with E-state index >= 15 is 0 Å². The first-order chi connectivity index (χ1) is 9.74. The van der Waals surface area contributed by atoms with Crippen molar-refractivity contribution in [2.24, 2.45) is 5.92 Å². The van der Waals surface area contributed by atoms with Gasteiger partial charge in [-0.25, -0.2) is 0 Å². The van der Waals surface area contributed by atoms with E-state index in [4.69, 9.17) is 4.74 Å². The van der Waals surface area contributed by atoms with Crippen molar-refractivity contribution in [3.05, 3.63) is 29.8 Å². The molecule has 1 aromatic carbocycles. The van der Waals surface area contributed by atoms with Crippen molar-refractivity contribution in [2.75, 3.05) is 13.2 Å². The summed E-state index contributed by atoms with van der Waals surface area (Å²) >= 11 is 0. The molecule has 1 aromatic rings. The Labute approximate surface area is 117 Å². The van der Waals surface area contributed by atoms with E-state index in [0.717, 1.165) is 0 Å². The van der Waals surface area contributed by atoms with Crippen molar-refractivity contribution in [3.63, 3.8) is 0 Å². The summed E-state index contributed by atoms with van der Waals surface area (Å²) in [6.45, 7) is -1.48. The average molecular weight is 283 g/mol. The fraction of sp³-hybridized carbons (Fsp3) is 0.600. The molecule has 2 fully saturated rings. The number of nitrogens with one attached hydrogen (secondary N) is 1. The van der Waals surface area contributed by atoms with Crippen molar-refractivity contribution in [2.45, 2.75) is 38.0 Å². The standard InChI is InChI=1S/C15H19F2NO2/c16-15(17)20-13-7-2-1-5-11(13)14-8-18-12-6-3-4-10(12)9-19-14/h1-2,5,7,10,12,14-15,18H,3-4,6,8-9H2. The second-order valence-electron chi connectivity index (χ2n) is 5.44. The molecule has 5 heteroatoms. The first-order valence-electron chi connectivity index (χ1n) is 7.13. The normalized spacial score (nSPS) is 30.1. The van der Waals surface area contributed by atoms with Crippen molar-refractivity contribution in [3.8, 4) is 5.75 Å². The molecular weight excluding hydrogens is 264 g/mol. The maximum absolute atomic E-state index is 12.5. The molecule has 3 atom stereocenters. The zero-order valence-corrected chi connectivity index (χ0v) is 11.2.